The van der Waals surface area contributed by atoms with Gasteiger partial charge in [0.05, 0.1) is 10.9 Å². The number of alkyl halides is 3. The van der Waals surface area contributed by atoms with Crippen molar-refractivity contribution in [1.29, 1.82) is 0 Å². The standard InChI is InChI=1S/C17H17F3N4O3/c18-17(19,20)12-5-10-13(25)11(16(26)27)7-24(9-1-2-9)14(10)22-15(12)23-4-3-8(21)6-23/h5,7-9H,1-4,6,21H2,(H,26,27). The Morgan fingerprint density at radius 1 is 1.30 bits per heavy atom. The van der Waals surface area contributed by atoms with Crippen molar-refractivity contribution in [2.75, 3.05) is 18.0 Å². The van der Waals surface area contributed by atoms with Crippen molar-refractivity contribution in [1.82, 2.24) is 9.55 Å². The van der Waals surface area contributed by atoms with Crippen LogP contribution in [0.1, 0.15) is 41.2 Å². The number of hydrogen-bond acceptors (Lipinski definition) is 5. The second-order valence-corrected chi connectivity index (χ2v) is 7.04. The van der Waals surface area contributed by atoms with E-state index in [1.807, 2.05) is 0 Å². The van der Waals surface area contributed by atoms with E-state index in [2.05, 4.69) is 4.98 Å². The van der Waals surface area contributed by atoms with Crippen molar-refractivity contribution in [3.8, 4) is 0 Å². The molecule has 1 saturated heterocycles. The van der Waals surface area contributed by atoms with E-state index in [0.29, 0.717) is 13.0 Å². The van der Waals surface area contributed by atoms with Crippen LogP contribution in [0.15, 0.2) is 17.1 Å². The van der Waals surface area contributed by atoms with Crippen LogP contribution < -0.4 is 16.1 Å². The molecular formula is C17H17F3N4O3. The number of nitrogens with zero attached hydrogens (tertiary/aromatic N) is 3. The normalized spacial score (nSPS) is 20.4. The fourth-order valence-corrected chi connectivity index (χ4v) is 3.47. The summed E-state index contributed by atoms with van der Waals surface area (Å²) < 4.78 is 42.5. The van der Waals surface area contributed by atoms with Crippen molar-refractivity contribution in [2.45, 2.75) is 37.5 Å². The molecule has 2 fully saturated rings. The molecule has 3 N–H and O–H groups in total. The zero-order chi connectivity index (χ0) is 19.5. The maximum atomic E-state index is 13.7. The summed E-state index contributed by atoms with van der Waals surface area (Å²) >= 11 is 0. The molecule has 27 heavy (non-hydrogen) atoms. The average Bonchev–Trinajstić information content (AvgIpc) is 3.33. The third-order valence-corrected chi connectivity index (χ3v) is 4.98. The van der Waals surface area contributed by atoms with E-state index < -0.39 is 28.7 Å². The van der Waals surface area contributed by atoms with E-state index >= 15 is 0 Å². The van der Waals surface area contributed by atoms with Gasteiger partial charge in [-0.05, 0) is 25.3 Å². The minimum atomic E-state index is -4.74. The minimum absolute atomic E-state index is 0.0656. The van der Waals surface area contributed by atoms with Crippen molar-refractivity contribution >= 4 is 22.8 Å². The molecule has 0 amide bonds. The number of rotatable bonds is 3. The minimum Gasteiger partial charge on any atom is -0.477 e. The van der Waals surface area contributed by atoms with E-state index in [1.54, 1.807) is 0 Å². The van der Waals surface area contributed by atoms with Gasteiger partial charge in [-0.15, -0.1) is 0 Å². The van der Waals surface area contributed by atoms with Crippen LogP contribution in [0.3, 0.4) is 0 Å². The van der Waals surface area contributed by atoms with E-state index in [-0.39, 0.29) is 35.5 Å². The van der Waals surface area contributed by atoms with Gasteiger partial charge in [-0.25, -0.2) is 9.78 Å². The highest BCUT2D eigenvalue weighted by atomic mass is 19.4. The molecule has 2 aliphatic rings. The first-order valence-electron chi connectivity index (χ1n) is 8.57. The number of carboxylic acid groups (broad SMARTS) is 1. The largest absolute Gasteiger partial charge is 0.477 e. The first-order valence-corrected chi connectivity index (χ1v) is 8.57. The summed E-state index contributed by atoms with van der Waals surface area (Å²) in [5.74, 6) is -1.74. The number of carbonyl (C=O) groups is 1. The van der Waals surface area contributed by atoms with Crippen molar-refractivity contribution in [3.63, 3.8) is 0 Å². The second kappa shape index (κ2) is 5.95. The summed E-state index contributed by atoms with van der Waals surface area (Å²) in [6.45, 7) is 0.575. The molecule has 2 aromatic rings. The number of aromatic nitrogens is 2. The van der Waals surface area contributed by atoms with Crippen LogP contribution in [0, 0.1) is 0 Å². The summed E-state index contributed by atoms with van der Waals surface area (Å²) in [7, 11) is 0. The molecule has 1 unspecified atom stereocenters. The van der Waals surface area contributed by atoms with Crippen LogP contribution in [0.5, 0.6) is 0 Å². The Balaban J connectivity index is 2.03. The van der Waals surface area contributed by atoms with E-state index in [0.717, 1.165) is 18.9 Å². The lowest BCUT2D eigenvalue weighted by Crippen LogP contribution is -2.29. The number of carboxylic acids is 1. The van der Waals surface area contributed by atoms with Gasteiger partial charge < -0.3 is 20.3 Å². The zero-order valence-corrected chi connectivity index (χ0v) is 14.2. The molecule has 2 aromatic heterocycles. The van der Waals surface area contributed by atoms with Crippen LogP contribution >= 0.6 is 0 Å². The van der Waals surface area contributed by atoms with E-state index in [1.165, 1.54) is 15.7 Å². The molecular weight excluding hydrogens is 365 g/mol. The topological polar surface area (TPSA) is 101 Å². The number of pyridine rings is 2. The highest BCUT2D eigenvalue weighted by Gasteiger charge is 2.39. The third-order valence-electron chi connectivity index (χ3n) is 4.98. The summed E-state index contributed by atoms with van der Waals surface area (Å²) in [6.07, 6.45) is -1.50. The van der Waals surface area contributed by atoms with Crippen molar-refractivity contribution < 1.29 is 23.1 Å². The Morgan fingerprint density at radius 3 is 2.52 bits per heavy atom. The van der Waals surface area contributed by atoms with Gasteiger partial charge in [-0.3, -0.25) is 4.79 Å². The number of anilines is 1. The first kappa shape index (κ1) is 17.8. The van der Waals surface area contributed by atoms with Crippen LogP contribution in [-0.2, 0) is 6.18 Å². The molecule has 4 rings (SSSR count). The summed E-state index contributed by atoms with van der Waals surface area (Å²) in [5.41, 5.74) is 3.34. The number of nitrogens with two attached hydrogens (primary N) is 1. The highest BCUT2D eigenvalue weighted by Crippen LogP contribution is 2.40. The van der Waals surface area contributed by atoms with Crippen LogP contribution in [-0.4, -0.2) is 39.8 Å². The predicted molar refractivity (Wildman–Crippen MR) is 91.0 cm³/mol. The SMILES string of the molecule is NC1CCN(c2nc3c(cc2C(F)(F)F)c(=O)c(C(=O)O)cn3C2CC2)C1. The lowest BCUT2D eigenvalue weighted by Gasteiger charge is -2.23. The Bertz CT molecular complexity index is 998. The molecule has 1 aliphatic heterocycles. The maximum Gasteiger partial charge on any atom is 0.419 e. The summed E-state index contributed by atoms with van der Waals surface area (Å²) in [4.78, 5) is 29.5. The number of aromatic carboxylic acids is 1. The molecule has 7 nitrogen and oxygen atoms in total. The second-order valence-electron chi connectivity index (χ2n) is 7.04. The van der Waals surface area contributed by atoms with Gasteiger partial charge in [0.1, 0.15) is 17.0 Å². The molecule has 10 heteroatoms. The molecule has 1 atom stereocenters. The van der Waals surface area contributed by atoms with Gasteiger partial charge in [0, 0.05) is 31.4 Å². The molecule has 0 bridgehead atoms. The highest BCUT2D eigenvalue weighted by molar-refractivity contribution is 5.92. The monoisotopic (exact) mass is 382 g/mol. The average molecular weight is 382 g/mol. The van der Waals surface area contributed by atoms with Crippen LogP contribution in [0.4, 0.5) is 19.0 Å². The fourth-order valence-electron chi connectivity index (χ4n) is 3.47. The Morgan fingerprint density at radius 2 is 2.00 bits per heavy atom. The molecule has 0 spiro atoms. The van der Waals surface area contributed by atoms with Gasteiger partial charge in [-0.2, -0.15) is 13.2 Å². The number of fused-ring (bicyclic) bond motifs is 1. The summed E-state index contributed by atoms with van der Waals surface area (Å²) in [6, 6.07) is 0.419. The Kier molecular flexibility index (Phi) is 3.91. The molecule has 0 aromatic carbocycles. The van der Waals surface area contributed by atoms with Gasteiger partial charge in [0.25, 0.3) is 0 Å². The fraction of sp³-hybridized carbons (Fsp3) is 0.471. The third kappa shape index (κ3) is 3.03. The van der Waals surface area contributed by atoms with Gasteiger partial charge in [-0.1, -0.05) is 0 Å². The smallest absolute Gasteiger partial charge is 0.419 e. The van der Waals surface area contributed by atoms with Gasteiger partial charge in [0.2, 0.25) is 5.43 Å². The lowest BCUT2D eigenvalue weighted by atomic mass is 10.1. The Hall–Kier alpha value is -2.62. The van der Waals surface area contributed by atoms with Gasteiger partial charge >= 0.3 is 12.1 Å². The summed E-state index contributed by atoms with van der Waals surface area (Å²) in [5, 5.41) is 8.93. The van der Waals surface area contributed by atoms with E-state index in [4.69, 9.17) is 5.73 Å². The maximum absolute atomic E-state index is 13.7. The first-order chi connectivity index (χ1) is 12.7. The van der Waals surface area contributed by atoms with Gasteiger partial charge in [0.15, 0.2) is 0 Å². The predicted octanol–water partition coefficient (Wildman–Crippen LogP) is 1.99. The molecule has 1 aliphatic carbocycles. The van der Waals surface area contributed by atoms with E-state index in [9.17, 15) is 27.9 Å². The molecule has 0 radical (unpaired) electrons. The number of halogens is 3. The van der Waals surface area contributed by atoms with Crippen molar-refractivity contribution in [2.24, 2.45) is 5.73 Å². The Labute approximate surface area is 151 Å². The van der Waals surface area contributed by atoms with Crippen LogP contribution in [0.2, 0.25) is 0 Å². The molecule has 3 heterocycles. The molecule has 1 saturated carbocycles. The van der Waals surface area contributed by atoms with Crippen LogP contribution in [0.25, 0.3) is 11.0 Å². The lowest BCUT2D eigenvalue weighted by molar-refractivity contribution is -0.137. The molecule has 144 valence electrons. The quantitative estimate of drug-likeness (QED) is 0.842. The zero-order valence-electron chi connectivity index (χ0n) is 14.2. The number of hydrogen-bond donors (Lipinski definition) is 2. The van der Waals surface area contributed by atoms with Crippen molar-refractivity contribution in [3.05, 3.63) is 33.6 Å².